The number of rotatable bonds is 4. The second-order valence-corrected chi connectivity index (χ2v) is 4.86. The predicted octanol–water partition coefficient (Wildman–Crippen LogP) is 2.56. The Labute approximate surface area is 105 Å². The van der Waals surface area contributed by atoms with Crippen LogP contribution in [0.5, 0.6) is 0 Å². The van der Waals surface area contributed by atoms with Crippen LogP contribution >= 0.6 is 11.3 Å². The molecule has 4 heteroatoms. The van der Waals surface area contributed by atoms with E-state index >= 15 is 0 Å². The largest absolute Gasteiger partial charge is 0.349 e. The van der Waals surface area contributed by atoms with Gasteiger partial charge in [0.15, 0.2) is 0 Å². The molecule has 2 rings (SSSR count). The number of nitrogens with zero attached hydrogens (tertiary/aromatic N) is 1. The first kappa shape index (κ1) is 11.8. The Kier molecular flexibility index (Phi) is 3.88. The molecule has 0 saturated carbocycles. The Balaban J connectivity index is 1.91. The zero-order valence-corrected chi connectivity index (χ0v) is 10.4. The van der Waals surface area contributed by atoms with E-state index < -0.39 is 0 Å². The van der Waals surface area contributed by atoms with Crippen molar-refractivity contribution in [2.24, 2.45) is 0 Å². The number of hydrogen-bond acceptors (Lipinski definition) is 3. The van der Waals surface area contributed by atoms with Crippen LogP contribution in [0.25, 0.3) is 0 Å². The Morgan fingerprint density at radius 3 is 2.82 bits per heavy atom. The van der Waals surface area contributed by atoms with Crippen LogP contribution in [0.4, 0.5) is 0 Å². The number of pyridine rings is 1. The zero-order chi connectivity index (χ0) is 12.1. The smallest absolute Gasteiger partial charge is 0.225 e. The van der Waals surface area contributed by atoms with E-state index in [0.717, 1.165) is 10.4 Å². The maximum Gasteiger partial charge on any atom is 0.225 e. The van der Waals surface area contributed by atoms with Gasteiger partial charge in [-0.2, -0.15) is 0 Å². The molecule has 0 aliphatic carbocycles. The van der Waals surface area contributed by atoms with Gasteiger partial charge in [0.25, 0.3) is 0 Å². The second-order valence-electron chi connectivity index (χ2n) is 3.83. The highest BCUT2D eigenvalue weighted by Crippen LogP contribution is 2.12. The Morgan fingerprint density at radius 2 is 2.18 bits per heavy atom. The molecule has 0 unspecified atom stereocenters. The third kappa shape index (κ3) is 3.39. The van der Waals surface area contributed by atoms with Crippen LogP contribution in [0.1, 0.15) is 23.4 Å². The lowest BCUT2D eigenvalue weighted by Crippen LogP contribution is -2.27. The van der Waals surface area contributed by atoms with Gasteiger partial charge in [0.1, 0.15) is 0 Å². The fourth-order valence-corrected chi connectivity index (χ4v) is 2.30. The summed E-state index contributed by atoms with van der Waals surface area (Å²) in [5, 5.41) is 4.96. The van der Waals surface area contributed by atoms with Crippen LogP contribution < -0.4 is 5.32 Å². The summed E-state index contributed by atoms with van der Waals surface area (Å²) < 4.78 is 0. The second kappa shape index (κ2) is 5.59. The van der Waals surface area contributed by atoms with Crippen LogP contribution in [0.15, 0.2) is 42.0 Å². The van der Waals surface area contributed by atoms with E-state index in [9.17, 15) is 4.79 Å². The van der Waals surface area contributed by atoms with Gasteiger partial charge in [0.2, 0.25) is 5.91 Å². The van der Waals surface area contributed by atoms with E-state index in [1.54, 1.807) is 23.7 Å². The van der Waals surface area contributed by atoms with Gasteiger partial charge in [-0.1, -0.05) is 6.07 Å². The lowest BCUT2D eigenvalue weighted by Gasteiger charge is -2.13. The third-order valence-electron chi connectivity index (χ3n) is 2.50. The fraction of sp³-hybridized carbons (Fsp3) is 0.231. The standard InChI is InChI=1S/C13H14N2OS/c1-10(11-4-6-14-7-5-11)15-13(16)9-12-3-2-8-17-12/h2-8,10H,9H2,1H3,(H,15,16)/t10-/m1/s1. The first-order valence-electron chi connectivity index (χ1n) is 5.47. The number of hydrogen-bond donors (Lipinski definition) is 1. The number of carbonyl (C=O) groups is 1. The number of thiophene rings is 1. The summed E-state index contributed by atoms with van der Waals surface area (Å²) in [6.45, 7) is 1.97. The van der Waals surface area contributed by atoms with Crippen LogP contribution in [-0.4, -0.2) is 10.9 Å². The summed E-state index contributed by atoms with van der Waals surface area (Å²) in [6, 6.07) is 7.78. The molecule has 0 bridgehead atoms. The molecule has 2 aromatic rings. The molecule has 0 aliphatic heterocycles. The molecule has 3 nitrogen and oxygen atoms in total. The molecule has 0 aromatic carbocycles. The van der Waals surface area contributed by atoms with Crippen molar-refractivity contribution >= 4 is 17.2 Å². The molecule has 0 radical (unpaired) electrons. The van der Waals surface area contributed by atoms with Crippen molar-refractivity contribution in [1.82, 2.24) is 10.3 Å². The number of carbonyl (C=O) groups excluding carboxylic acids is 1. The van der Waals surface area contributed by atoms with Crippen LogP contribution in [0.3, 0.4) is 0 Å². The minimum Gasteiger partial charge on any atom is -0.349 e. The Hall–Kier alpha value is -1.68. The molecular formula is C13H14N2OS. The summed E-state index contributed by atoms with van der Waals surface area (Å²) >= 11 is 1.60. The van der Waals surface area contributed by atoms with Gasteiger partial charge in [-0.25, -0.2) is 0 Å². The number of nitrogens with one attached hydrogen (secondary N) is 1. The molecule has 2 aromatic heterocycles. The van der Waals surface area contributed by atoms with Gasteiger partial charge in [0, 0.05) is 17.3 Å². The molecule has 0 aliphatic rings. The number of aromatic nitrogens is 1. The molecule has 1 amide bonds. The molecule has 2 heterocycles. The average Bonchev–Trinajstić information content (AvgIpc) is 2.82. The monoisotopic (exact) mass is 246 g/mol. The summed E-state index contributed by atoms with van der Waals surface area (Å²) in [6.07, 6.45) is 3.92. The normalized spacial score (nSPS) is 12.1. The highest BCUT2D eigenvalue weighted by molar-refractivity contribution is 7.10. The third-order valence-corrected chi connectivity index (χ3v) is 3.37. The highest BCUT2D eigenvalue weighted by Gasteiger charge is 2.09. The van der Waals surface area contributed by atoms with Crippen molar-refractivity contribution in [2.45, 2.75) is 19.4 Å². The number of amides is 1. The highest BCUT2D eigenvalue weighted by atomic mass is 32.1. The zero-order valence-electron chi connectivity index (χ0n) is 9.59. The lowest BCUT2D eigenvalue weighted by atomic mass is 10.1. The summed E-state index contributed by atoms with van der Waals surface area (Å²) in [7, 11) is 0. The first-order chi connectivity index (χ1) is 8.25. The van der Waals surface area contributed by atoms with Gasteiger partial charge >= 0.3 is 0 Å². The van der Waals surface area contributed by atoms with E-state index in [1.165, 1.54) is 0 Å². The van der Waals surface area contributed by atoms with Gasteiger partial charge in [-0.05, 0) is 36.1 Å². The molecule has 0 fully saturated rings. The lowest BCUT2D eigenvalue weighted by molar-refractivity contribution is -0.121. The van der Waals surface area contributed by atoms with Crippen molar-refractivity contribution in [3.63, 3.8) is 0 Å². The van der Waals surface area contributed by atoms with E-state index in [0.29, 0.717) is 6.42 Å². The molecule has 0 spiro atoms. The predicted molar refractivity (Wildman–Crippen MR) is 68.8 cm³/mol. The minimum absolute atomic E-state index is 0.0189. The van der Waals surface area contributed by atoms with Crippen LogP contribution in [-0.2, 0) is 11.2 Å². The van der Waals surface area contributed by atoms with Gasteiger partial charge in [-0.15, -0.1) is 11.3 Å². The average molecular weight is 246 g/mol. The summed E-state index contributed by atoms with van der Waals surface area (Å²) in [5.41, 5.74) is 1.07. The van der Waals surface area contributed by atoms with Gasteiger partial charge < -0.3 is 5.32 Å². The fourth-order valence-electron chi connectivity index (χ4n) is 1.60. The SMILES string of the molecule is C[C@@H](NC(=O)Cc1cccs1)c1ccncc1. The van der Waals surface area contributed by atoms with Crippen molar-refractivity contribution in [2.75, 3.05) is 0 Å². The molecule has 0 saturated heterocycles. The maximum absolute atomic E-state index is 11.8. The van der Waals surface area contributed by atoms with Crippen molar-refractivity contribution in [3.8, 4) is 0 Å². The summed E-state index contributed by atoms with van der Waals surface area (Å²) in [4.78, 5) is 16.8. The quantitative estimate of drug-likeness (QED) is 0.901. The molecule has 1 N–H and O–H groups in total. The van der Waals surface area contributed by atoms with E-state index in [1.807, 2.05) is 36.6 Å². The van der Waals surface area contributed by atoms with E-state index in [-0.39, 0.29) is 11.9 Å². The molecule has 88 valence electrons. The van der Waals surface area contributed by atoms with Crippen molar-refractivity contribution in [3.05, 3.63) is 52.5 Å². The van der Waals surface area contributed by atoms with Gasteiger partial charge in [0.05, 0.1) is 12.5 Å². The van der Waals surface area contributed by atoms with E-state index in [4.69, 9.17) is 0 Å². The Morgan fingerprint density at radius 1 is 1.41 bits per heavy atom. The first-order valence-corrected chi connectivity index (χ1v) is 6.35. The Bertz CT molecular complexity index is 467. The minimum atomic E-state index is 0.0189. The molecule has 17 heavy (non-hydrogen) atoms. The van der Waals surface area contributed by atoms with Crippen LogP contribution in [0.2, 0.25) is 0 Å². The van der Waals surface area contributed by atoms with Crippen molar-refractivity contribution < 1.29 is 4.79 Å². The maximum atomic E-state index is 11.8. The van der Waals surface area contributed by atoms with E-state index in [2.05, 4.69) is 10.3 Å². The molecular weight excluding hydrogens is 232 g/mol. The van der Waals surface area contributed by atoms with Crippen LogP contribution in [0, 0.1) is 0 Å². The molecule has 1 atom stereocenters. The van der Waals surface area contributed by atoms with Crippen molar-refractivity contribution in [1.29, 1.82) is 0 Å². The topological polar surface area (TPSA) is 42.0 Å². The van der Waals surface area contributed by atoms with Gasteiger partial charge in [-0.3, -0.25) is 9.78 Å². The summed E-state index contributed by atoms with van der Waals surface area (Å²) in [5.74, 6) is 0.0526.